The number of nitrogens with two attached hydrogens (primary N) is 1. The van der Waals surface area contributed by atoms with Crippen LogP contribution in [-0.2, 0) is 12.0 Å². The highest BCUT2D eigenvalue weighted by Crippen LogP contribution is 2.28. The molecule has 0 saturated carbocycles. The third-order valence-electron chi connectivity index (χ3n) is 5.39. The highest BCUT2D eigenvalue weighted by atomic mass is 16.5. The van der Waals surface area contributed by atoms with Crippen molar-refractivity contribution >= 4 is 17.4 Å². The van der Waals surface area contributed by atoms with Gasteiger partial charge in [-0.25, -0.2) is 0 Å². The lowest BCUT2D eigenvalue weighted by molar-refractivity contribution is -0.723. The van der Waals surface area contributed by atoms with Crippen LogP contribution in [0.1, 0.15) is 70.3 Å². The molecule has 0 unspecified atom stereocenters. The predicted molar refractivity (Wildman–Crippen MR) is 123 cm³/mol. The van der Waals surface area contributed by atoms with Gasteiger partial charge in [0.15, 0.2) is 12.3 Å². The molecule has 0 spiro atoms. The van der Waals surface area contributed by atoms with Crippen LogP contribution in [-0.4, -0.2) is 33.2 Å². The van der Waals surface area contributed by atoms with E-state index in [2.05, 4.69) is 44.8 Å². The van der Waals surface area contributed by atoms with Crippen molar-refractivity contribution in [2.24, 2.45) is 0 Å². The molecule has 0 fully saturated rings. The van der Waals surface area contributed by atoms with Gasteiger partial charge in [-0.15, -0.1) is 4.68 Å². The molecule has 0 atom stereocenters. The van der Waals surface area contributed by atoms with E-state index in [1.165, 1.54) is 9.20 Å². The van der Waals surface area contributed by atoms with Crippen LogP contribution >= 0.6 is 0 Å². The molecule has 0 aliphatic rings. The average molecular weight is 441 g/mol. The van der Waals surface area contributed by atoms with Crippen molar-refractivity contribution < 1.29 is 19.0 Å². The number of carbonyl (C=O) groups is 1. The number of benzene rings is 1. The van der Waals surface area contributed by atoms with Gasteiger partial charge in [-0.1, -0.05) is 49.3 Å². The number of ketones is 1. The summed E-state index contributed by atoms with van der Waals surface area (Å²) in [5.41, 5.74) is 8.30. The summed E-state index contributed by atoms with van der Waals surface area (Å²) in [5, 5.41) is 8.90. The van der Waals surface area contributed by atoms with E-state index in [1.807, 2.05) is 19.1 Å². The number of carbonyl (C=O) groups excluding carboxylic acids is 1. The first kappa shape index (κ1) is 23.5. The van der Waals surface area contributed by atoms with E-state index in [4.69, 9.17) is 15.2 Å². The molecule has 0 amide bonds. The Balaban J connectivity index is 1.90. The molecule has 172 valence electrons. The van der Waals surface area contributed by atoms with Gasteiger partial charge in [0.1, 0.15) is 11.9 Å². The highest BCUT2D eigenvalue weighted by molar-refractivity contribution is 5.95. The molecule has 3 rings (SSSR count). The van der Waals surface area contributed by atoms with Gasteiger partial charge < -0.3 is 9.47 Å². The molecule has 0 radical (unpaired) electrons. The zero-order valence-electron chi connectivity index (χ0n) is 19.9. The Morgan fingerprint density at radius 2 is 1.88 bits per heavy atom. The van der Waals surface area contributed by atoms with E-state index >= 15 is 0 Å². The lowest BCUT2D eigenvalue weighted by atomic mass is 9.85. The van der Waals surface area contributed by atoms with Crippen molar-refractivity contribution in [1.29, 1.82) is 0 Å². The quantitative estimate of drug-likeness (QED) is 0.402. The lowest BCUT2D eigenvalue weighted by Crippen LogP contribution is -2.42. The number of hydrogen-bond acceptors (Lipinski definition) is 6. The van der Waals surface area contributed by atoms with Crippen LogP contribution in [0.2, 0.25) is 0 Å². The topological polar surface area (TPSA) is 95.6 Å². The molecule has 8 nitrogen and oxygen atoms in total. The smallest absolute Gasteiger partial charge is 0.401 e. The Morgan fingerprint density at radius 3 is 2.50 bits per heavy atom. The molecule has 0 bridgehead atoms. The van der Waals surface area contributed by atoms with Crippen molar-refractivity contribution in [2.45, 2.75) is 72.4 Å². The van der Waals surface area contributed by atoms with Gasteiger partial charge in [-0.2, -0.15) is 0 Å². The van der Waals surface area contributed by atoms with Crippen LogP contribution in [0.25, 0.3) is 5.65 Å². The van der Waals surface area contributed by atoms with Crippen LogP contribution in [0, 0.1) is 0 Å². The second kappa shape index (κ2) is 9.54. The molecular formula is C24H34N5O3+. The van der Waals surface area contributed by atoms with E-state index in [-0.39, 0.29) is 29.8 Å². The average Bonchev–Trinajstić information content (AvgIpc) is 3.06. The molecule has 0 aliphatic carbocycles. The maximum absolute atomic E-state index is 13.1. The van der Waals surface area contributed by atoms with Gasteiger partial charge in [-0.3, -0.25) is 10.5 Å². The molecule has 0 saturated heterocycles. The minimum Gasteiger partial charge on any atom is -0.494 e. The summed E-state index contributed by atoms with van der Waals surface area (Å²) in [4.78, 5) is 13.1. The summed E-state index contributed by atoms with van der Waals surface area (Å²) in [5.74, 6) is 1.32. The van der Waals surface area contributed by atoms with Crippen molar-refractivity contribution in [3.05, 3.63) is 41.5 Å². The number of ether oxygens (including phenoxy) is 2. The molecule has 0 aliphatic heterocycles. The number of anilines is 1. The minimum absolute atomic E-state index is 0.00289. The number of aromatic nitrogens is 4. The molecule has 1 aromatic carbocycles. The summed E-state index contributed by atoms with van der Waals surface area (Å²) in [7, 11) is 0. The molecule has 3 aromatic rings. The maximum Gasteiger partial charge on any atom is 0.401 e. The first-order chi connectivity index (χ1) is 15.2. The highest BCUT2D eigenvalue weighted by Gasteiger charge is 2.23. The number of Topliss-reactive ketones (excluding diaryl/α,β-unsaturated/α-hetero) is 1. The minimum atomic E-state index is -0.118. The fraction of sp³-hybridized carbons (Fsp3) is 0.500. The summed E-state index contributed by atoms with van der Waals surface area (Å²) in [6.07, 6.45) is 1.87. The lowest BCUT2D eigenvalue weighted by Gasteiger charge is -2.21. The Hall–Kier alpha value is -3.16. The van der Waals surface area contributed by atoms with Crippen LogP contribution in [0.5, 0.6) is 11.6 Å². The number of hydrogen-bond donors (Lipinski definition) is 1. The van der Waals surface area contributed by atoms with E-state index in [9.17, 15) is 4.79 Å². The Bertz CT molecular complexity index is 1100. The number of fused-ring (bicyclic) bond motifs is 1. The van der Waals surface area contributed by atoms with E-state index < -0.39 is 0 Å². The summed E-state index contributed by atoms with van der Waals surface area (Å²) < 4.78 is 14.6. The van der Waals surface area contributed by atoms with Crippen LogP contribution in [0.4, 0.5) is 5.95 Å². The summed E-state index contributed by atoms with van der Waals surface area (Å²) in [6.45, 7) is 12.9. The molecule has 2 aromatic heterocycles. The van der Waals surface area contributed by atoms with E-state index in [0.717, 1.165) is 18.4 Å². The normalized spacial score (nSPS) is 11.8. The summed E-state index contributed by atoms with van der Waals surface area (Å²) in [6, 6.07) is 9.23. The first-order valence-electron chi connectivity index (χ1n) is 11.2. The van der Waals surface area contributed by atoms with Crippen molar-refractivity contribution in [3.63, 3.8) is 0 Å². The van der Waals surface area contributed by atoms with Gasteiger partial charge in [-0.05, 0) is 48.9 Å². The number of nitrogen functional groups attached to an aromatic ring is 1. The largest absolute Gasteiger partial charge is 0.494 e. The van der Waals surface area contributed by atoms with Crippen LogP contribution in [0.3, 0.4) is 0 Å². The molecule has 32 heavy (non-hydrogen) atoms. The van der Waals surface area contributed by atoms with Crippen molar-refractivity contribution in [3.8, 4) is 11.6 Å². The van der Waals surface area contributed by atoms with Gasteiger partial charge in [0.2, 0.25) is 5.88 Å². The maximum atomic E-state index is 13.1. The Labute approximate surface area is 189 Å². The first-order valence-corrected chi connectivity index (χ1v) is 11.2. The standard InChI is InChI=1S/C24H33N5O3/c1-7-18(8-2)32-22-11-10-21-26-28(23(25)29(21)27-22)15-20(30)16-12-17(24(4,5)6)14-19(13-16)31-9-3/h10-14,18,25H,7-9,15H2,1-6H3/p+1. The van der Waals surface area contributed by atoms with Crippen LogP contribution < -0.4 is 19.9 Å². The van der Waals surface area contributed by atoms with E-state index in [1.54, 1.807) is 18.2 Å². The number of rotatable bonds is 9. The SMILES string of the molecule is CCOc1cc(C(=O)C[n+]2nc3ccc(OC(CC)CC)nn3c2N)cc(C(C)(C)C)c1. The van der Waals surface area contributed by atoms with Crippen LogP contribution in [0.15, 0.2) is 30.3 Å². The van der Waals surface area contributed by atoms with Gasteiger partial charge in [0, 0.05) is 17.7 Å². The fourth-order valence-electron chi connectivity index (χ4n) is 3.40. The fourth-order valence-corrected chi connectivity index (χ4v) is 3.40. The molecule has 2 heterocycles. The zero-order valence-corrected chi connectivity index (χ0v) is 19.9. The van der Waals surface area contributed by atoms with Gasteiger partial charge in [0.05, 0.1) is 6.61 Å². The monoisotopic (exact) mass is 440 g/mol. The molecular weight excluding hydrogens is 406 g/mol. The van der Waals surface area contributed by atoms with Crippen molar-refractivity contribution in [2.75, 3.05) is 12.3 Å². The third-order valence-corrected chi connectivity index (χ3v) is 5.39. The number of nitrogens with zero attached hydrogens (tertiary/aromatic N) is 4. The molecule has 2 N–H and O–H groups in total. The Kier molecular flexibility index (Phi) is 7.01. The van der Waals surface area contributed by atoms with Gasteiger partial charge in [0.25, 0.3) is 5.65 Å². The summed E-state index contributed by atoms with van der Waals surface area (Å²) >= 11 is 0. The predicted octanol–water partition coefficient (Wildman–Crippen LogP) is 3.75. The van der Waals surface area contributed by atoms with Crippen molar-refractivity contribution in [1.82, 2.24) is 14.7 Å². The molecule has 8 heteroatoms. The second-order valence-electron chi connectivity index (χ2n) is 8.87. The third kappa shape index (κ3) is 5.18. The zero-order chi connectivity index (χ0) is 23.5. The van der Waals surface area contributed by atoms with E-state index in [0.29, 0.717) is 29.4 Å². The van der Waals surface area contributed by atoms with Gasteiger partial charge >= 0.3 is 5.95 Å². The second-order valence-corrected chi connectivity index (χ2v) is 8.87. The Morgan fingerprint density at radius 1 is 1.16 bits per heavy atom.